The van der Waals surface area contributed by atoms with Gasteiger partial charge in [-0.1, -0.05) is 20.8 Å². The van der Waals surface area contributed by atoms with Crippen LogP contribution in [0.1, 0.15) is 33.6 Å². The molecule has 1 saturated heterocycles. The third-order valence-electron chi connectivity index (χ3n) is 4.40. The monoisotopic (exact) mass is 291 g/mol. The topological polar surface area (TPSA) is 29.5 Å². The number of hydrogen-bond acceptors (Lipinski definition) is 2. The second-order valence-electron chi connectivity index (χ2n) is 7.01. The summed E-state index contributed by atoms with van der Waals surface area (Å²) in [5, 5.41) is 0.191. The SMILES string of the molecule is CC(C)(C)[Si](C)(C)Oc1ccc(N2CCCC2=O)cc1. The van der Waals surface area contributed by atoms with E-state index in [-0.39, 0.29) is 10.9 Å². The van der Waals surface area contributed by atoms with Crippen molar-refractivity contribution in [3.63, 3.8) is 0 Å². The van der Waals surface area contributed by atoms with Crippen LogP contribution in [0.5, 0.6) is 5.75 Å². The molecular weight excluding hydrogens is 266 g/mol. The number of anilines is 1. The first-order valence-corrected chi connectivity index (χ1v) is 10.2. The number of nitrogens with zero attached hydrogens (tertiary/aromatic N) is 1. The number of rotatable bonds is 3. The minimum atomic E-state index is -1.79. The summed E-state index contributed by atoms with van der Waals surface area (Å²) >= 11 is 0. The largest absolute Gasteiger partial charge is 0.544 e. The lowest BCUT2D eigenvalue weighted by Gasteiger charge is -2.36. The summed E-state index contributed by atoms with van der Waals surface area (Å²) in [6, 6.07) is 7.96. The fourth-order valence-electron chi connectivity index (χ4n) is 2.06. The molecule has 0 unspecified atom stereocenters. The van der Waals surface area contributed by atoms with Crippen LogP contribution < -0.4 is 9.33 Å². The van der Waals surface area contributed by atoms with E-state index in [2.05, 4.69) is 33.9 Å². The fourth-order valence-corrected chi connectivity index (χ4v) is 3.09. The summed E-state index contributed by atoms with van der Waals surface area (Å²) in [5.41, 5.74) is 0.982. The maximum Gasteiger partial charge on any atom is 0.250 e. The van der Waals surface area contributed by atoms with Gasteiger partial charge in [0.1, 0.15) is 5.75 Å². The Morgan fingerprint density at radius 2 is 1.75 bits per heavy atom. The molecule has 0 atom stereocenters. The quantitative estimate of drug-likeness (QED) is 0.781. The van der Waals surface area contributed by atoms with Gasteiger partial charge in [0.05, 0.1) is 0 Å². The Labute approximate surface area is 123 Å². The molecular formula is C16H25NO2Si. The molecule has 0 aromatic heterocycles. The molecule has 0 aliphatic carbocycles. The van der Waals surface area contributed by atoms with Gasteiger partial charge in [-0.15, -0.1) is 0 Å². The highest BCUT2D eigenvalue weighted by atomic mass is 28.4. The number of amides is 1. The molecule has 110 valence electrons. The zero-order valence-corrected chi connectivity index (χ0v) is 14.2. The molecule has 1 heterocycles. The van der Waals surface area contributed by atoms with Gasteiger partial charge >= 0.3 is 0 Å². The van der Waals surface area contributed by atoms with E-state index in [4.69, 9.17) is 4.43 Å². The Hall–Kier alpha value is -1.29. The van der Waals surface area contributed by atoms with Crippen LogP contribution in [0.15, 0.2) is 24.3 Å². The summed E-state index contributed by atoms with van der Waals surface area (Å²) in [6.07, 6.45) is 1.63. The van der Waals surface area contributed by atoms with Crippen molar-refractivity contribution in [3.05, 3.63) is 24.3 Å². The van der Waals surface area contributed by atoms with Gasteiger partial charge in [0.15, 0.2) is 0 Å². The highest BCUT2D eigenvalue weighted by Crippen LogP contribution is 2.37. The first-order valence-electron chi connectivity index (χ1n) is 7.30. The van der Waals surface area contributed by atoms with Crippen molar-refractivity contribution in [1.82, 2.24) is 0 Å². The highest BCUT2D eigenvalue weighted by Gasteiger charge is 2.38. The minimum Gasteiger partial charge on any atom is -0.544 e. The molecule has 4 heteroatoms. The van der Waals surface area contributed by atoms with E-state index >= 15 is 0 Å². The molecule has 0 bridgehead atoms. The predicted molar refractivity (Wildman–Crippen MR) is 85.9 cm³/mol. The Morgan fingerprint density at radius 1 is 1.15 bits per heavy atom. The number of carbonyl (C=O) groups excluding carboxylic acids is 1. The van der Waals surface area contributed by atoms with Crippen molar-refractivity contribution >= 4 is 19.9 Å². The van der Waals surface area contributed by atoms with Gasteiger partial charge in [0.2, 0.25) is 14.2 Å². The van der Waals surface area contributed by atoms with E-state index < -0.39 is 8.32 Å². The molecule has 0 saturated carbocycles. The van der Waals surface area contributed by atoms with Gasteiger partial charge in [0, 0.05) is 18.7 Å². The zero-order valence-electron chi connectivity index (χ0n) is 13.2. The molecule has 20 heavy (non-hydrogen) atoms. The third kappa shape index (κ3) is 3.06. The van der Waals surface area contributed by atoms with Crippen molar-refractivity contribution in [3.8, 4) is 5.75 Å². The van der Waals surface area contributed by atoms with E-state index in [1.54, 1.807) is 0 Å². The summed E-state index contributed by atoms with van der Waals surface area (Å²) < 4.78 is 6.25. The first-order chi connectivity index (χ1) is 9.21. The Kier molecular flexibility index (Phi) is 3.96. The second-order valence-corrected chi connectivity index (χ2v) is 11.7. The molecule has 0 N–H and O–H groups in total. The predicted octanol–water partition coefficient (Wildman–Crippen LogP) is 4.20. The second kappa shape index (κ2) is 5.24. The Balaban J connectivity index is 2.11. The molecule has 1 amide bonds. The maximum absolute atomic E-state index is 11.7. The number of hydrogen-bond donors (Lipinski definition) is 0. The van der Waals surface area contributed by atoms with Crippen LogP contribution in [0.2, 0.25) is 18.1 Å². The Bertz CT molecular complexity index is 488. The van der Waals surface area contributed by atoms with Crippen LogP contribution in [-0.4, -0.2) is 20.8 Å². The maximum atomic E-state index is 11.7. The Morgan fingerprint density at radius 3 is 2.20 bits per heavy atom. The standard InChI is InChI=1S/C16H25NO2Si/c1-16(2,3)20(4,5)19-14-10-8-13(9-11-14)17-12-6-7-15(17)18/h8-11H,6-7,12H2,1-5H3. The first kappa shape index (κ1) is 15.1. The lowest BCUT2D eigenvalue weighted by Crippen LogP contribution is -2.43. The van der Waals surface area contributed by atoms with Gasteiger partial charge in [-0.25, -0.2) is 0 Å². The highest BCUT2D eigenvalue weighted by molar-refractivity contribution is 6.74. The fraction of sp³-hybridized carbons (Fsp3) is 0.562. The molecule has 0 radical (unpaired) electrons. The normalized spacial score (nSPS) is 16.6. The van der Waals surface area contributed by atoms with Crippen LogP contribution in [0, 0.1) is 0 Å². The van der Waals surface area contributed by atoms with Crippen LogP contribution >= 0.6 is 0 Å². The van der Waals surface area contributed by atoms with Crippen molar-refractivity contribution in [2.24, 2.45) is 0 Å². The van der Waals surface area contributed by atoms with Crippen LogP contribution in [0.25, 0.3) is 0 Å². The van der Waals surface area contributed by atoms with Gasteiger partial charge in [-0.05, 0) is 48.8 Å². The smallest absolute Gasteiger partial charge is 0.250 e. The van der Waals surface area contributed by atoms with Crippen molar-refractivity contribution < 1.29 is 9.22 Å². The molecule has 2 rings (SSSR count). The van der Waals surface area contributed by atoms with Crippen LogP contribution in [0.3, 0.4) is 0 Å². The molecule has 1 aliphatic heterocycles. The third-order valence-corrected chi connectivity index (χ3v) is 8.76. The average molecular weight is 291 g/mol. The number of benzene rings is 1. The van der Waals surface area contributed by atoms with Gasteiger partial charge in [0.25, 0.3) is 0 Å². The summed E-state index contributed by atoms with van der Waals surface area (Å²) in [7, 11) is -1.79. The summed E-state index contributed by atoms with van der Waals surface area (Å²) in [6.45, 7) is 12.0. The van der Waals surface area contributed by atoms with Crippen LogP contribution in [-0.2, 0) is 4.79 Å². The molecule has 1 aromatic carbocycles. The molecule has 3 nitrogen and oxygen atoms in total. The van der Waals surface area contributed by atoms with E-state index in [1.807, 2.05) is 29.2 Å². The van der Waals surface area contributed by atoms with Crippen molar-refractivity contribution in [2.45, 2.75) is 51.7 Å². The van der Waals surface area contributed by atoms with Crippen molar-refractivity contribution in [2.75, 3.05) is 11.4 Å². The molecule has 1 aliphatic rings. The van der Waals surface area contributed by atoms with E-state index in [9.17, 15) is 4.79 Å². The zero-order chi connectivity index (χ0) is 15.0. The lowest BCUT2D eigenvalue weighted by molar-refractivity contribution is -0.117. The molecule has 0 spiro atoms. The van der Waals surface area contributed by atoms with Gasteiger partial charge in [-0.3, -0.25) is 4.79 Å². The summed E-state index contributed by atoms with van der Waals surface area (Å²) in [4.78, 5) is 13.6. The average Bonchev–Trinajstić information content (AvgIpc) is 2.74. The van der Waals surface area contributed by atoms with Crippen LogP contribution in [0.4, 0.5) is 5.69 Å². The van der Waals surface area contributed by atoms with E-state index in [1.165, 1.54) is 0 Å². The van der Waals surface area contributed by atoms with Gasteiger partial charge in [-0.2, -0.15) is 0 Å². The van der Waals surface area contributed by atoms with E-state index in [0.717, 1.165) is 24.4 Å². The molecule has 1 fully saturated rings. The minimum absolute atomic E-state index is 0.191. The molecule has 1 aromatic rings. The van der Waals surface area contributed by atoms with Gasteiger partial charge < -0.3 is 9.33 Å². The van der Waals surface area contributed by atoms with Crippen molar-refractivity contribution in [1.29, 1.82) is 0 Å². The van der Waals surface area contributed by atoms with E-state index in [0.29, 0.717) is 6.42 Å². The lowest BCUT2D eigenvalue weighted by atomic mass is 10.2. The number of carbonyl (C=O) groups is 1. The summed E-state index contributed by atoms with van der Waals surface area (Å²) in [5.74, 6) is 1.13.